The molecule has 1 amide bonds. The van der Waals surface area contributed by atoms with Crippen LogP contribution in [0.1, 0.15) is 16.1 Å². The van der Waals surface area contributed by atoms with E-state index in [9.17, 15) is 4.79 Å². The highest BCUT2D eigenvalue weighted by Gasteiger charge is 2.25. The normalized spacial score (nSPS) is 14.7. The van der Waals surface area contributed by atoms with Crippen LogP contribution in [-0.2, 0) is 0 Å². The van der Waals surface area contributed by atoms with Gasteiger partial charge in [0, 0.05) is 32.4 Å². The van der Waals surface area contributed by atoms with Gasteiger partial charge in [-0.05, 0) is 18.2 Å². The Morgan fingerprint density at radius 2 is 2.04 bits per heavy atom. The molecule has 0 saturated carbocycles. The highest BCUT2D eigenvalue weighted by Crippen LogP contribution is 2.23. The van der Waals surface area contributed by atoms with Crippen LogP contribution in [0, 0.1) is 11.3 Å². The number of anilines is 1. The van der Waals surface area contributed by atoms with Crippen molar-refractivity contribution in [3.8, 4) is 6.07 Å². The maximum absolute atomic E-state index is 12.4. The fourth-order valence-electron chi connectivity index (χ4n) is 2.55. The van der Waals surface area contributed by atoms with Gasteiger partial charge in [0.05, 0.1) is 10.6 Å². The highest BCUT2D eigenvalue weighted by molar-refractivity contribution is 6.41. The quantitative estimate of drug-likeness (QED) is 0.903. The van der Waals surface area contributed by atoms with Gasteiger partial charge in [-0.15, -0.1) is 0 Å². The molecule has 0 aliphatic carbocycles. The number of hydrogen-bond donors (Lipinski definition) is 1. The third kappa shape index (κ3) is 3.11. The molecule has 0 atom stereocenters. The molecule has 0 unspecified atom stereocenters. The van der Waals surface area contributed by atoms with E-state index in [4.69, 9.17) is 28.5 Å². The average molecular weight is 350 g/mol. The lowest BCUT2D eigenvalue weighted by Crippen LogP contribution is -2.49. The van der Waals surface area contributed by atoms with E-state index in [1.807, 2.05) is 4.90 Å². The van der Waals surface area contributed by atoms with Crippen LogP contribution in [0.2, 0.25) is 10.2 Å². The second-order valence-corrected chi connectivity index (χ2v) is 5.90. The first kappa shape index (κ1) is 15.7. The van der Waals surface area contributed by atoms with Crippen LogP contribution in [-0.4, -0.2) is 47.0 Å². The number of nitriles is 1. The molecule has 1 aliphatic rings. The third-order valence-electron chi connectivity index (χ3n) is 3.73. The maximum Gasteiger partial charge on any atom is 0.270 e. The van der Waals surface area contributed by atoms with E-state index < -0.39 is 0 Å². The summed E-state index contributed by atoms with van der Waals surface area (Å²) < 4.78 is 0. The first-order valence-corrected chi connectivity index (χ1v) is 7.79. The lowest BCUT2D eigenvalue weighted by atomic mass is 10.2. The van der Waals surface area contributed by atoms with Gasteiger partial charge in [-0.25, -0.2) is 4.98 Å². The van der Waals surface area contributed by atoms with Crippen molar-refractivity contribution in [1.29, 1.82) is 5.26 Å². The van der Waals surface area contributed by atoms with E-state index >= 15 is 0 Å². The minimum absolute atomic E-state index is 0.139. The number of rotatable bonds is 2. The van der Waals surface area contributed by atoms with Crippen LogP contribution in [0.25, 0.3) is 0 Å². The Kier molecular flexibility index (Phi) is 4.42. The summed E-state index contributed by atoms with van der Waals surface area (Å²) >= 11 is 11.7. The van der Waals surface area contributed by atoms with Crippen molar-refractivity contribution >= 4 is 34.9 Å². The molecule has 2 aromatic rings. The fourth-order valence-corrected chi connectivity index (χ4v) is 2.86. The number of hydrogen-bond acceptors (Lipinski definition) is 4. The molecule has 1 N–H and O–H groups in total. The minimum atomic E-state index is -0.139. The number of piperazine rings is 1. The van der Waals surface area contributed by atoms with E-state index in [0.717, 1.165) is 0 Å². The van der Waals surface area contributed by atoms with Crippen molar-refractivity contribution in [2.24, 2.45) is 0 Å². The number of amides is 1. The Bertz CT molecular complexity index is 755. The molecule has 2 aromatic heterocycles. The molecular weight excluding hydrogens is 337 g/mol. The number of carbonyl (C=O) groups excluding carboxylic acids is 1. The van der Waals surface area contributed by atoms with Crippen LogP contribution in [0.3, 0.4) is 0 Å². The topological polar surface area (TPSA) is 76.0 Å². The SMILES string of the molecule is N#Cc1cccnc1N1CCN(C(=O)c2cc(Cl)c(Cl)[nH]2)CC1. The number of nitrogens with one attached hydrogen (secondary N) is 1. The summed E-state index contributed by atoms with van der Waals surface area (Å²) in [5.74, 6) is 0.521. The molecule has 1 saturated heterocycles. The summed E-state index contributed by atoms with van der Waals surface area (Å²) in [5, 5.41) is 9.75. The maximum atomic E-state index is 12.4. The second kappa shape index (κ2) is 6.49. The molecule has 23 heavy (non-hydrogen) atoms. The van der Waals surface area contributed by atoms with Crippen molar-refractivity contribution in [3.05, 3.63) is 45.8 Å². The zero-order valence-electron chi connectivity index (χ0n) is 12.1. The Morgan fingerprint density at radius 3 is 2.65 bits per heavy atom. The van der Waals surface area contributed by atoms with Gasteiger partial charge in [-0.1, -0.05) is 23.2 Å². The molecule has 3 rings (SSSR count). The number of aromatic nitrogens is 2. The molecule has 0 spiro atoms. The first-order valence-electron chi connectivity index (χ1n) is 7.03. The van der Waals surface area contributed by atoms with Gasteiger partial charge in [0.15, 0.2) is 0 Å². The van der Waals surface area contributed by atoms with Crippen molar-refractivity contribution in [2.75, 3.05) is 31.1 Å². The highest BCUT2D eigenvalue weighted by atomic mass is 35.5. The van der Waals surface area contributed by atoms with E-state index in [1.165, 1.54) is 6.07 Å². The molecule has 6 nitrogen and oxygen atoms in total. The molecule has 0 bridgehead atoms. The predicted molar refractivity (Wildman–Crippen MR) is 87.9 cm³/mol. The molecule has 118 valence electrons. The minimum Gasteiger partial charge on any atom is -0.352 e. The van der Waals surface area contributed by atoms with E-state index in [0.29, 0.717) is 48.3 Å². The first-order chi connectivity index (χ1) is 11.1. The van der Waals surface area contributed by atoms with Crippen molar-refractivity contribution in [2.45, 2.75) is 0 Å². The number of nitrogens with zero attached hydrogens (tertiary/aromatic N) is 4. The Labute approximate surface area is 143 Å². The van der Waals surface area contributed by atoms with E-state index in [-0.39, 0.29) is 11.1 Å². The van der Waals surface area contributed by atoms with Crippen LogP contribution in [0.15, 0.2) is 24.4 Å². The average Bonchev–Trinajstić information content (AvgIpc) is 2.93. The summed E-state index contributed by atoms with van der Waals surface area (Å²) in [6, 6.07) is 7.15. The molecular formula is C15H13Cl2N5O. The second-order valence-electron chi connectivity index (χ2n) is 5.11. The summed E-state index contributed by atoms with van der Waals surface area (Å²) in [7, 11) is 0. The zero-order valence-corrected chi connectivity index (χ0v) is 13.6. The molecule has 8 heteroatoms. The summed E-state index contributed by atoms with van der Waals surface area (Å²) in [6.07, 6.45) is 1.66. The van der Waals surface area contributed by atoms with Crippen LogP contribution >= 0.6 is 23.2 Å². The van der Waals surface area contributed by atoms with Gasteiger partial charge in [0.25, 0.3) is 5.91 Å². The fraction of sp³-hybridized carbons (Fsp3) is 0.267. The summed E-state index contributed by atoms with van der Waals surface area (Å²) in [5.41, 5.74) is 0.916. The van der Waals surface area contributed by atoms with Crippen molar-refractivity contribution in [1.82, 2.24) is 14.9 Å². The standard InChI is InChI=1S/C15H13Cl2N5O/c16-11-8-12(20-13(11)17)15(23)22-6-4-21(5-7-22)14-10(9-18)2-1-3-19-14/h1-3,8,20H,4-7H2. The van der Waals surface area contributed by atoms with Crippen LogP contribution in [0.5, 0.6) is 0 Å². The van der Waals surface area contributed by atoms with E-state index in [2.05, 4.69) is 16.0 Å². The third-order valence-corrected chi connectivity index (χ3v) is 4.42. The van der Waals surface area contributed by atoms with Gasteiger partial charge < -0.3 is 14.8 Å². The van der Waals surface area contributed by atoms with Crippen LogP contribution < -0.4 is 4.90 Å². The van der Waals surface area contributed by atoms with Crippen LogP contribution in [0.4, 0.5) is 5.82 Å². The molecule has 1 aliphatic heterocycles. The molecule has 3 heterocycles. The molecule has 0 aromatic carbocycles. The van der Waals surface area contributed by atoms with Crippen molar-refractivity contribution < 1.29 is 4.79 Å². The van der Waals surface area contributed by atoms with Crippen molar-refractivity contribution in [3.63, 3.8) is 0 Å². The monoisotopic (exact) mass is 349 g/mol. The van der Waals surface area contributed by atoms with E-state index in [1.54, 1.807) is 23.2 Å². The largest absolute Gasteiger partial charge is 0.352 e. The summed E-state index contributed by atoms with van der Waals surface area (Å²) in [4.78, 5) is 23.2. The van der Waals surface area contributed by atoms with Gasteiger partial charge in [0.1, 0.15) is 22.7 Å². The predicted octanol–water partition coefficient (Wildman–Crippen LogP) is 2.55. The number of pyridine rings is 1. The summed E-state index contributed by atoms with van der Waals surface area (Å²) in [6.45, 7) is 2.29. The van der Waals surface area contributed by atoms with Gasteiger partial charge in [0.2, 0.25) is 0 Å². The van der Waals surface area contributed by atoms with Gasteiger partial charge >= 0.3 is 0 Å². The number of carbonyl (C=O) groups is 1. The Balaban J connectivity index is 1.69. The van der Waals surface area contributed by atoms with Gasteiger partial charge in [-0.2, -0.15) is 5.26 Å². The zero-order chi connectivity index (χ0) is 16.4. The Morgan fingerprint density at radius 1 is 1.30 bits per heavy atom. The number of H-pyrrole nitrogens is 1. The Hall–Kier alpha value is -2.23. The molecule has 1 fully saturated rings. The molecule has 0 radical (unpaired) electrons. The smallest absolute Gasteiger partial charge is 0.270 e. The lowest BCUT2D eigenvalue weighted by molar-refractivity contribution is 0.0741. The number of aromatic amines is 1. The van der Waals surface area contributed by atoms with Gasteiger partial charge in [-0.3, -0.25) is 4.79 Å². The number of halogens is 2. The lowest BCUT2D eigenvalue weighted by Gasteiger charge is -2.35.